The smallest absolute Gasteiger partial charge is 0.130 e. The van der Waals surface area contributed by atoms with E-state index >= 15 is 0 Å². The molecule has 2 aromatic rings. The largest absolute Gasteiger partial charge is 0.496 e. The Balaban J connectivity index is 2.09. The van der Waals surface area contributed by atoms with E-state index in [-0.39, 0.29) is 0 Å². The summed E-state index contributed by atoms with van der Waals surface area (Å²) < 4.78 is 17.2. The van der Waals surface area contributed by atoms with Crippen LogP contribution in [0.2, 0.25) is 0 Å². The van der Waals surface area contributed by atoms with Gasteiger partial charge in [0.05, 0.1) is 26.9 Å². The van der Waals surface area contributed by atoms with Crippen LogP contribution in [0.15, 0.2) is 40.9 Å². The SMILES string of the molecule is COc1cc(OC)c(CNCc2ccc(Br)cc2)c(OC)c1. The summed E-state index contributed by atoms with van der Waals surface area (Å²) in [5.41, 5.74) is 2.19. The third-order valence-electron chi connectivity index (χ3n) is 3.36. The van der Waals surface area contributed by atoms with Crippen molar-refractivity contribution in [2.24, 2.45) is 0 Å². The summed E-state index contributed by atoms with van der Waals surface area (Å²) in [6.07, 6.45) is 0. The maximum atomic E-state index is 5.44. The quantitative estimate of drug-likeness (QED) is 0.810. The number of methoxy groups -OCH3 is 3. The van der Waals surface area contributed by atoms with Crippen molar-refractivity contribution < 1.29 is 14.2 Å². The van der Waals surface area contributed by atoms with Gasteiger partial charge in [0, 0.05) is 29.7 Å². The molecule has 0 amide bonds. The molecule has 0 aliphatic heterocycles. The molecule has 0 aliphatic carbocycles. The van der Waals surface area contributed by atoms with Crippen molar-refractivity contribution in [3.05, 3.63) is 52.0 Å². The number of halogens is 1. The fourth-order valence-electron chi connectivity index (χ4n) is 2.19. The lowest BCUT2D eigenvalue weighted by Crippen LogP contribution is -2.14. The molecule has 2 rings (SSSR count). The van der Waals surface area contributed by atoms with E-state index < -0.39 is 0 Å². The Kier molecular flexibility index (Phi) is 6.10. The molecule has 4 nitrogen and oxygen atoms in total. The summed E-state index contributed by atoms with van der Waals surface area (Å²) in [7, 11) is 4.92. The minimum Gasteiger partial charge on any atom is -0.496 e. The van der Waals surface area contributed by atoms with Gasteiger partial charge in [-0.2, -0.15) is 0 Å². The Morgan fingerprint density at radius 2 is 1.45 bits per heavy atom. The first-order valence-electron chi connectivity index (χ1n) is 6.92. The fourth-order valence-corrected chi connectivity index (χ4v) is 2.45. The van der Waals surface area contributed by atoms with E-state index in [4.69, 9.17) is 14.2 Å². The summed E-state index contributed by atoms with van der Waals surface area (Å²) in [5.74, 6) is 2.21. The van der Waals surface area contributed by atoms with E-state index in [1.165, 1.54) is 5.56 Å². The van der Waals surface area contributed by atoms with E-state index in [1.54, 1.807) is 21.3 Å². The molecule has 2 aromatic carbocycles. The molecule has 22 heavy (non-hydrogen) atoms. The van der Waals surface area contributed by atoms with Crippen LogP contribution in [0.25, 0.3) is 0 Å². The molecular formula is C17H20BrNO3. The van der Waals surface area contributed by atoms with Crippen molar-refractivity contribution >= 4 is 15.9 Å². The molecule has 0 unspecified atom stereocenters. The van der Waals surface area contributed by atoms with Crippen LogP contribution in [0.1, 0.15) is 11.1 Å². The van der Waals surface area contributed by atoms with Crippen molar-refractivity contribution in [2.75, 3.05) is 21.3 Å². The predicted molar refractivity (Wildman–Crippen MR) is 90.8 cm³/mol. The zero-order valence-corrected chi connectivity index (χ0v) is 14.6. The highest BCUT2D eigenvalue weighted by Crippen LogP contribution is 2.33. The molecule has 0 saturated heterocycles. The van der Waals surface area contributed by atoms with Gasteiger partial charge in [-0.1, -0.05) is 28.1 Å². The second kappa shape index (κ2) is 8.06. The van der Waals surface area contributed by atoms with Gasteiger partial charge in [0.25, 0.3) is 0 Å². The van der Waals surface area contributed by atoms with Crippen molar-refractivity contribution in [3.8, 4) is 17.2 Å². The molecule has 0 spiro atoms. The zero-order valence-electron chi connectivity index (χ0n) is 13.0. The molecule has 0 radical (unpaired) electrons. The van der Waals surface area contributed by atoms with Crippen LogP contribution in [0.5, 0.6) is 17.2 Å². The second-order valence-electron chi connectivity index (χ2n) is 4.74. The van der Waals surface area contributed by atoms with Crippen LogP contribution < -0.4 is 19.5 Å². The van der Waals surface area contributed by atoms with Crippen molar-refractivity contribution in [1.82, 2.24) is 5.32 Å². The normalized spacial score (nSPS) is 10.4. The topological polar surface area (TPSA) is 39.7 Å². The number of benzene rings is 2. The third-order valence-corrected chi connectivity index (χ3v) is 3.89. The lowest BCUT2D eigenvalue weighted by atomic mass is 10.1. The first kappa shape index (κ1) is 16.6. The van der Waals surface area contributed by atoms with Crippen LogP contribution in [0.4, 0.5) is 0 Å². The molecular weight excluding hydrogens is 346 g/mol. The lowest BCUT2D eigenvalue weighted by molar-refractivity contribution is 0.366. The highest BCUT2D eigenvalue weighted by molar-refractivity contribution is 9.10. The van der Waals surface area contributed by atoms with E-state index in [0.29, 0.717) is 12.3 Å². The molecule has 1 N–H and O–H groups in total. The van der Waals surface area contributed by atoms with Crippen molar-refractivity contribution in [3.63, 3.8) is 0 Å². The molecule has 0 fully saturated rings. The molecule has 0 saturated carbocycles. The van der Waals surface area contributed by atoms with Gasteiger partial charge in [-0.15, -0.1) is 0 Å². The average Bonchev–Trinajstić information content (AvgIpc) is 2.56. The van der Waals surface area contributed by atoms with E-state index in [0.717, 1.165) is 28.1 Å². The maximum absolute atomic E-state index is 5.44. The van der Waals surface area contributed by atoms with Gasteiger partial charge in [0.15, 0.2) is 0 Å². The fraction of sp³-hybridized carbons (Fsp3) is 0.294. The number of ether oxygens (including phenoxy) is 3. The van der Waals surface area contributed by atoms with Gasteiger partial charge in [-0.05, 0) is 17.7 Å². The van der Waals surface area contributed by atoms with Gasteiger partial charge in [0.2, 0.25) is 0 Å². The van der Waals surface area contributed by atoms with E-state index in [9.17, 15) is 0 Å². The van der Waals surface area contributed by atoms with E-state index in [2.05, 4.69) is 33.4 Å². The molecule has 0 bridgehead atoms. The average molecular weight is 366 g/mol. The van der Waals surface area contributed by atoms with Gasteiger partial charge < -0.3 is 19.5 Å². The van der Waals surface area contributed by atoms with Crippen LogP contribution >= 0.6 is 15.9 Å². The van der Waals surface area contributed by atoms with Gasteiger partial charge in [-0.25, -0.2) is 0 Å². The van der Waals surface area contributed by atoms with Crippen LogP contribution in [0, 0.1) is 0 Å². The number of rotatable bonds is 7. The molecule has 118 valence electrons. The summed E-state index contributed by atoms with van der Waals surface area (Å²) in [5, 5.41) is 3.41. The van der Waals surface area contributed by atoms with Crippen molar-refractivity contribution in [2.45, 2.75) is 13.1 Å². The Morgan fingerprint density at radius 1 is 0.864 bits per heavy atom. The van der Waals surface area contributed by atoms with Crippen LogP contribution in [-0.4, -0.2) is 21.3 Å². The Bertz CT molecular complexity index is 589. The summed E-state index contributed by atoms with van der Waals surface area (Å²) in [6.45, 7) is 1.41. The van der Waals surface area contributed by atoms with Crippen LogP contribution in [-0.2, 0) is 13.1 Å². The molecule has 0 heterocycles. The minimum absolute atomic E-state index is 0.645. The highest BCUT2D eigenvalue weighted by atomic mass is 79.9. The number of hydrogen-bond acceptors (Lipinski definition) is 4. The molecule has 0 aromatic heterocycles. The highest BCUT2D eigenvalue weighted by Gasteiger charge is 2.12. The Labute approximate surface area is 139 Å². The molecule has 0 atom stereocenters. The van der Waals surface area contributed by atoms with Gasteiger partial charge in [-0.3, -0.25) is 0 Å². The Morgan fingerprint density at radius 3 is 1.95 bits per heavy atom. The first-order valence-corrected chi connectivity index (χ1v) is 7.71. The van der Waals surface area contributed by atoms with E-state index in [1.807, 2.05) is 24.3 Å². The van der Waals surface area contributed by atoms with Gasteiger partial charge >= 0.3 is 0 Å². The Hall–Kier alpha value is -1.72. The zero-order chi connectivity index (χ0) is 15.9. The second-order valence-corrected chi connectivity index (χ2v) is 5.66. The minimum atomic E-state index is 0.645. The molecule has 5 heteroatoms. The maximum Gasteiger partial charge on any atom is 0.130 e. The summed E-state index contributed by atoms with van der Waals surface area (Å²) in [4.78, 5) is 0. The van der Waals surface area contributed by atoms with Crippen molar-refractivity contribution in [1.29, 1.82) is 0 Å². The summed E-state index contributed by atoms with van der Waals surface area (Å²) in [6, 6.07) is 12.0. The lowest BCUT2D eigenvalue weighted by Gasteiger charge is -2.15. The van der Waals surface area contributed by atoms with Gasteiger partial charge in [0.1, 0.15) is 17.2 Å². The standard InChI is InChI=1S/C17H20BrNO3/c1-20-14-8-16(21-2)15(17(9-14)22-3)11-19-10-12-4-6-13(18)7-5-12/h4-9,19H,10-11H2,1-3H3. The first-order chi connectivity index (χ1) is 10.7. The number of hydrogen-bond donors (Lipinski definition) is 1. The third kappa shape index (κ3) is 4.15. The summed E-state index contributed by atoms with van der Waals surface area (Å²) >= 11 is 3.44. The predicted octanol–water partition coefficient (Wildman–Crippen LogP) is 3.76. The van der Waals surface area contributed by atoms with Crippen LogP contribution in [0.3, 0.4) is 0 Å². The number of nitrogens with one attached hydrogen (secondary N) is 1. The monoisotopic (exact) mass is 365 g/mol. The molecule has 0 aliphatic rings.